The summed E-state index contributed by atoms with van der Waals surface area (Å²) in [5.41, 5.74) is 0.596. The largest absolute Gasteiger partial charge is 0.492 e. The minimum Gasteiger partial charge on any atom is -0.492 e. The highest BCUT2D eigenvalue weighted by Crippen LogP contribution is 2.31. The number of halogens is 2. The van der Waals surface area contributed by atoms with E-state index in [9.17, 15) is 0 Å². The molecule has 4 heteroatoms. The minimum absolute atomic E-state index is 0.359. The van der Waals surface area contributed by atoms with Gasteiger partial charge in [-0.05, 0) is 42.3 Å². The van der Waals surface area contributed by atoms with Crippen LogP contribution in [0.1, 0.15) is 25.8 Å². The summed E-state index contributed by atoms with van der Waals surface area (Å²) in [5, 5.41) is 8.91. The molecule has 0 amide bonds. The number of nitriles is 1. The lowest BCUT2D eigenvalue weighted by Gasteiger charge is -2.17. The van der Waals surface area contributed by atoms with Crippen LogP contribution >= 0.6 is 27.5 Å². The molecule has 0 aromatic heterocycles. The molecule has 1 aromatic carbocycles. The lowest BCUT2D eigenvalue weighted by Crippen LogP contribution is -2.13. The summed E-state index contributed by atoms with van der Waals surface area (Å²) >= 11 is 9.28. The fourth-order valence-corrected chi connectivity index (χ4v) is 2.02. The summed E-state index contributed by atoms with van der Waals surface area (Å²) in [6.07, 6.45) is 0.687. The summed E-state index contributed by atoms with van der Waals surface area (Å²) in [4.78, 5) is 0. The number of hydrogen-bond acceptors (Lipinski definition) is 2. The highest BCUT2D eigenvalue weighted by Gasteiger charge is 2.17. The smallest absolute Gasteiger partial charge is 0.137 e. The van der Waals surface area contributed by atoms with Crippen LogP contribution in [0.2, 0.25) is 0 Å². The number of rotatable bonds is 5. The van der Waals surface area contributed by atoms with Crippen molar-refractivity contribution in [1.29, 1.82) is 5.26 Å². The minimum atomic E-state index is -0.359. The fraction of sp³-hybridized carbons (Fsp3) is 0.462. The Morgan fingerprint density at radius 3 is 2.76 bits per heavy atom. The molecule has 92 valence electrons. The molecular formula is C13H15BrClNO. The fourth-order valence-electron chi connectivity index (χ4n) is 1.28. The normalized spacial score (nSPS) is 11.0. The molecule has 0 aliphatic heterocycles. The maximum atomic E-state index is 8.91. The van der Waals surface area contributed by atoms with Crippen molar-refractivity contribution in [1.82, 2.24) is 0 Å². The maximum absolute atomic E-state index is 8.91. The van der Waals surface area contributed by atoms with Crippen molar-refractivity contribution in [2.45, 2.75) is 26.1 Å². The van der Waals surface area contributed by atoms with Gasteiger partial charge in [-0.3, -0.25) is 0 Å². The van der Waals surface area contributed by atoms with Gasteiger partial charge in [0.2, 0.25) is 0 Å². The zero-order valence-corrected chi connectivity index (χ0v) is 12.3. The van der Waals surface area contributed by atoms with Crippen molar-refractivity contribution in [3.8, 4) is 11.8 Å². The molecule has 0 saturated carbocycles. The third-order valence-corrected chi connectivity index (χ3v) is 3.38. The van der Waals surface area contributed by atoms with Gasteiger partial charge < -0.3 is 4.74 Å². The number of para-hydroxylation sites is 1. The Labute approximate surface area is 116 Å². The number of alkyl halides is 1. The van der Waals surface area contributed by atoms with Gasteiger partial charge in [0.1, 0.15) is 5.75 Å². The first-order valence-corrected chi connectivity index (χ1v) is 6.70. The Bertz CT molecular complexity index is 426. The average Bonchev–Trinajstić information content (AvgIpc) is 2.31. The third kappa shape index (κ3) is 4.22. The first kappa shape index (κ1) is 14.3. The van der Waals surface area contributed by atoms with Gasteiger partial charge in [-0.1, -0.05) is 12.1 Å². The molecule has 0 aliphatic carbocycles. The number of nitrogens with zero attached hydrogens (tertiary/aromatic N) is 1. The van der Waals surface area contributed by atoms with Crippen LogP contribution in [0.5, 0.6) is 5.75 Å². The summed E-state index contributed by atoms with van der Waals surface area (Å²) in [5.74, 6) is 1.19. The van der Waals surface area contributed by atoms with Crippen LogP contribution < -0.4 is 4.74 Å². The van der Waals surface area contributed by atoms with Gasteiger partial charge in [0.05, 0.1) is 28.4 Å². The first-order chi connectivity index (χ1) is 8.00. The zero-order chi connectivity index (χ0) is 12.9. The van der Waals surface area contributed by atoms with Gasteiger partial charge >= 0.3 is 0 Å². The molecule has 0 radical (unpaired) electrons. The predicted molar refractivity (Wildman–Crippen MR) is 73.2 cm³/mol. The van der Waals surface area contributed by atoms with Crippen molar-refractivity contribution in [3.05, 3.63) is 28.2 Å². The lowest BCUT2D eigenvalue weighted by molar-refractivity contribution is 0.261. The van der Waals surface area contributed by atoms with Crippen LogP contribution in [-0.2, 0) is 5.88 Å². The van der Waals surface area contributed by atoms with Gasteiger partial charge in [-0.25, -0.2) is 0 Å². The number of ether oxygens (including phenoxy) is 1. The van der Waals surface area contributed by atoms with Crippen molar-refractivity contribution in [2.24, 2.45) is 5.41 Å². The van der Waals surface area contributed by atoms with E-state index in [4.69, 9.17) is 21.6 Å². The van der Waals surface area contributed by atoms with Crippen LogP contribution in [0.25, 0.3) is 0 Å². The second-order valence-electron chi connectivity index (χ2n) is 4.46. The van der Waals surface area contributed by atoms with E-state index in [1.54, 1.807) is 0 Å². The molecule has 0 atom stereocenters. The Hall–Kier alpha value is -0.720. The SMILES string of the molecule is CC(C)(C#N)CCOc1c(Br)cccc1CCl. The van der Waals surface area contributed by atoms with E-state index in [0.717, 1.165) is 15.8 Å². The number of benzene rings is 1. The highest BCUT2D eigenvalue weighted by atomic mass is 79.9. The van der Waals surface area contributed by atoms with E-state index in [1.807, 2.05) is 32.0 Å². The molecule has 0 fully saturated rings. The van der Waals surface area contributed by atoms with E-state index < -0.39 is 0 Å². The molecule has 0 heterocycles. The molecule has 2 nitrogen and oxygen atoms in total. The molecular weight excluding hydrogens is 302 g/mol. The molecule has 0 saturated heterocycles. The molecule has 17 heavy (non-hydrogen) atoms. The van der Waals surface area contributed by atoms with Crippen LogP contribution in [-0.4, -0.2) is 6.61 Å². The molecule has 0 aliphatic rings. The van der Waals surface area contributed by atoms with Crippen molar-refractivity contribution in [2.75, 3.05) is 6.61 Å². The second kappa shape index (κ2) is 6.28. The number of hydrogen-bond donors (Lipinski definition) is 0. The van der Waals surface area contributed by atoms with Crippen molar-refractivity contribution in [3.63, 3.8) is 0 Å². The van der Waals surface area contributed by atoms with Crippen molar-refractivity contribution >= 4 is 27.5 Å². The van der Waals surface area contributed by atoms with Gasteiger partial charge in [-0.2, -0.15) is 5.26 Å². The van der Waals surface area contributed by atoms with E-state index in [-0.39, 0.29) is 5.41 Å². The second-order valence-corrected chi connectivity index (χ2v) is 5.58. The Morgan fingerprint density at radius 2 is 2.18 bits per heavy atom. The van der Waals surface area contributed by atoms with Gasteiger partial charge in [0.15, 0.2) is 0 Å². The van der Waals surface area contributed by atoms with Gasteiger partial charge in [0.25, 0.3) is 0 Å². The Morgan fingerprint density at radius 1 is 1.47 bits per heavy atom. The lowest BCUT2D eigenvalue weighted by atomic mass is 9.92. The Kier molecular flexibility index (Phi) is 5.30. The maximum Gasteiger partial charge on any atom is 0.137 e. The van der Waals surface area contributed by atoms with Crippen LogP contribution in [0, 0.1) is 16.7 Å². The molecule has 1 rings (SSSR count). The van der Waals surface area contributed by atoms with Crippen LogP contribution in [0.4, 0.5) is 0 Å². The molecule has 0 bridgehead atoms. The van der Waals surface area contributed by atoms with E-state index >= 15 is 0 Å². The molecule has 0 spiro atoms. The Balaban J connectivity index is 2.67. The summed E-state index contributed by atoms with van der Waals surface area (Å²) in [6, 6.07) is 8.03. The molecule has 1 aromatic rings. The van der Waals surface area contributed by atoms with Crippen molar-refractivity contribution < 1.29 is 4.74 Å². The highest BCUT2D eigenvalue weighted by molar-refractivity contribution is 9.10. The monoisotopic (exact) mass is 315 g/mol. The quantitative estimate of drug-likeness (QED) is 0.749. The molecule has 0 N–H and O–H groups in total. The van der Waals surface area contributed by atoms with Crippen LogP contribution in [0.3, 0.4) is 0 Å². The topological polar surface area (TPSA) is 33.0 Å². The summed E-state index contributed by atoms with van der Waals surface area (Å²) in [7, 11) is 0. The average molecular weight is 317 g/mol. The van der Waals surface area contributed by atoms with E-state index in [2.05, 4.69) is 22.0 Å². The van der Waals surface area contributed by atoms with E-state index in [1.165, 1.54) is 0 Å². The molecule has 0 unspecified atom stereocenters. The van der Waals surface area contributed by atoms with Gasteiger partial charge in [-0.15, -0.1) is 11.6 Å². The van der Waals surface area contributed by atoms with E-state index in [0.29, 0.717) is 18.9 Å². The standard InChI is InChI=1S/C13H15BrClNO/c1-13(2,9-16)6-7-17-12-10(8-15)4-3-5-11(12)14/h3-5H,6-8H2,1-2H3. The summed E-state index contributed by atoms with van der Waals surface area (Å²) in [6.45, 7) is 4.31. The zero-order valence-electron chi connectivity index (χ0n) is 9.96. The first-order valence-electron chi connectivity index (χ1n) is 5.37. The third-order valence-electron chi connectivity index (χ3n) is 2.47. The van der Waals surface area contributed by atoms with Crippen LogP contribution in [0.15, 0.2) is 22.7 Å². The predicted octanol–water partition coefficient (Wildman–Crippen LogP) is 4.51. The summed E-state index contributed by atoms with van der Waals surface area (Å²) < 4.78 is 6.61. The van der Waals surface area contributed by atoms with Gasteiger partial charge in [0, 0.05) is 5.56 Å².